The first-order valence-corrected chi connectivity index (χ1v) is 9.95. The van der Waals surface area contributed by atoms with Gasteiger partial charge in [-0.2, -0.15) is 4.31 Å². The third-order valence-electron chi connectivity index (χ3n) is 4.74. The Hall–Kier alpha value is -1.83. The highest BCUT2D eigenvalue weighted by molar-refractivity contribution is 7.89. The zero-order valence-electron chi connectivity index (χ0n) is 14.9. The molecule has 0 amide bonds. The maximum absolute atomic E-state index is 13.9. The van der Waals surface area contributed by atoms with E-state index < -0.39 is 26.6 Å². The lowest BCUT2D eigenvalue weighted by Crippen LogP contribution is -2.48. The number of sulfonamides is 1. The van der Waals surface area contributed by atoms with Crippen molar-refractivity contribution in [2.24, 2.45) is 0 Å². The summed E-state index contributed by atoms with van der Waals surface area (Å²) in [6.45, 7) is 6.44. The summed E-state index contributed by atoms with van der Waals surface area (Å²) in [5.74, 6) is -1.69. The zero-order chi connectivity index (χ0) is 18.9. The Morgan fingerprint density at radius 1 is 0.962 bits per heavy atom. The summed E-state index contributed by atoms with van der Waals surface area (Å²) < 4.78 is 53.7. The molecule has 0 aromatic heterocycles. The van der Waals surface area contributed by atoms with Gasteiger partial charge in [0.05, 0.1) is 0 Å². The average Bonchev–Trinajstić information content (AvgIpc) is 2.60. The van der Waals surface area contributed by atoms with E-state index in [1.54, 1.807) is 0 Å². The molecular weight excluding hydrogens is 358 g/mol. The minimum Gasteiger partial charge on any atom is -0.296 e. The fourth-order valence-corrected chi connectivity index (χ4v) is 4.65. The minimum atomic E-state index is -4.03. The van der Waals surface area contributed by atoms with Gasteiger partial charge in [-0.05, 0) is 43.2 Å². The van der Waals surface area contributed by atoms with Crippen LogP contribution in [0.5, 0.6) is 0 Å². The second-order valence-electron chi connectivity index (χ2n) is 6.68. The predicted octanol–water partition coefficient (Wildman–Crippen LogP) is 3.09. The van der Waals surface area contributed by atoms with Gasteiger partial charge in [0, 0.05) is 32.7 Å². The monoisotopic (exact) mass is 380 g/mol. The molecule has 2 aromatic carbocycles. The molecule has 1 saturated heterocycles. The third-order valence-corrected chi connectivity index (χ3v) is 6.65. The Balaban J connectivity index is 1.70. The summed E-state index contributed by atoms with van der Waals surface area (Å²) in [6, 6.07) is 8.79. The maximum atomic E-state index is 13.9. The van der Waals surface area contributed by atoms with Gasteiger partial charge in [0.25, 0.3) is 0 Å². The van der Waals surface area contributed by atoms with Gasteiger partial charge in [0.1, 0.15) is 16.5 Å². The molecule has 0 aliphatic carbocycles. The van der Waals surface area contributed by atoms with Crippen molar-refractivity contribution in [1.29, 1.82) is 0 Å². The van der Waals surface area contributed by atoms with Crippen LogP contribution in [-0.2, 0) is 16.6 Å². The zero-order valence-corrected chi connectivity index (χ0v) is 15.7. The molecule has 1 aliphatic heterocycles. The Morgan fingerprint density at radius 2 is 1.65 bits per heavy atom. The van der Waals surface area contributed by atoms with Crippen molar-refractivity contribution in [3.8, 4) is 0 Å². The summed E-state index contributed by atoms with van der Waals surface area (Å²) in [5, 5.41) is 0. The van der Waals surface area contributed by atoms with Crippen LogP contribution >= 0.6 is 0 Å². The van der Waals surface area contributed by atoms with Gasteiger partial charge < -0.3 is 0 Å². The van der Waals surface area contributed by atoms with Crippen LogP contribution in [0.15, 0.2) is 41.3 Å². The molecule has 3 rings (SSSR count). The second-order valence-corrected chi connectivity index (χ2v) is 8.59. The van der Waals surface area contributed by atoms with Crippen LogP contribution < -0.4 is 0 Å². The Morgan fingerprint density at radius 3 is 2.35 bits per heavy atom. The van der Waals surface area contributed by atoms with E-state index in [1.165, 1.54) is 21.0 Å². The van der Waals surface area contributed by atoms with Crippen molar-refractivity contribution < 1.29 is 17.2 Å². The topological polar surface area (TPSA) is 40.6 Å². The first-order valence-electron chi connectivity index (χ1n) is 8.51. The van der Waals surface area contributed by atoms with Gasteiger partial charge in [0.2, 0.25) is 10.0 Å². The van der Waals surface area contributed by atoms with E-state index in [4.69, 9.17) is 0 Å². The average molecular weight is 380 g/mol. The summed E-state index contributed by atoms with van der Waals surface area (Å²) in [7, 11) is -4.03. The molecule has 7 heteroatoms. The first kappa shape index (κ1) is 18.9. The lowest BCUT2D eigenvalue weighted by molar-refractivity contribution is 0.181. The number of halogens is 2. The first-order chi connectivity index (χ1) is 12.3. The predicted molar refractivity (Wildman–Crippen MR) is 96.3 cm³/mol. The number of hydrogen-bond acceptors (Lipinski definition) is 3. The molecule has 0 saturated carbocycles. The molecule has 0 radical (unpaired) electrons. The van der Waals surface area contributed by atoms with Crippen molar-refractivity contribution in [3.63, 3.8) is 0 Å². The Bertz CT molecular complexity index is 908. The fourth-order valence-electron chi connectivity index (χ4n) is 3.15. The fraction of sp³-hybridized carbons (Fsp3) is 0.368. The lowest BCUT2D eigenvalue weighted by Gasteiger charge is -2.34. The SMILES string of the molecule is Cc1ccc(C)c(CN2CCN(S(=O)(=O)c3cc(F)ccc3F)CC2)c1. The van der Waals surface area contributed by atoms with E-state index in [0.717, 1.165) is 24.7 Å². The summed E-state index contributed by atoms with van der Waals surface area (Å²) >= 11 is 0. The van der Waals surface area contributed by atoms with Gasteiger partial charge in [-0.3, -0.25) is 4.90 Å². The van der Waals surface area contributed by atoms with Gasteiger partial charge >= 0.3 is 0 Å². The smallest absolute Gasteiger partial charge is 0.246 e. The van der Waals surface area contributed by atoms with Crippen LogP contribution in [0.25, 0.3) is 0 Å². The highest BCUT2D eigenvalue weighted by Crippen LogP contribution is 2.22. The summed E-state index contributed by atoms with van der Waals surface area (Å²) in [5.41, 5.74) is 3.61. The molecule has 140 valence electrons. The van der Waals surface area contributed by atoms with Crippen LogP contribution in [0.3, 0.4) is 0 Å². The normalized spacial score (nSPS) is 16.8. The molecule has 0 unspecified atom stereocenters. The van der Waals surface area contributed by atoms with E-state index >= 15 is 0 Å². The van der Waals surface area contributed by atoms with Crippen molar-refractivity contribution >= 4 is 10.0 Å². The van der Waals surface area contributed by atoms with E-state index in [1.807, 2.05) is 6.92 Å². The van der Waals surface area contributed by atoms with Gasteiger partial charge in [-0.1, -0.05) is 23.8 Å². The van der Waals surface area contributed by atoms with Crippen molar-refractivity contribution in [1.82, 2.24) is 9.21 Å². The van der Waals surface area contributed by atoms with Crippen molar-refractivity contribution in [2.75, 3.05) is 26.2 Å². The van der Waals surface area contributed by atoms with E-state index in [0.29, 0.717) is 13.1 Å². The summed E-state index contributed by atoms with van der Waals surface area (Å²) in [6.07, 6.45) is 0. The number of aryl methyl sites for hydroxylation is 2. The number of benzene rings is 2. The number of nitrogens with zero attached hydrogens (tertiary/aromatic N) is 2. The van der Waals surface area contributed by atoms with Gasteiger partial charge in [0.15, 0.2) is 0 Å². The van der Waals surface area contributed by atoms with Crippen LogP contribution in [0.4, 0.5) is 8.78 Å². The number of hydrogen-bond donors (Lipinski definition) is 0. The standard InChI is InChI=1S/C19H22F2N2O2S/c1-14-3-4-15(2)16(11-14)13-22-7-9-23(10-8-22)26(24,25)19-12-17(20)5-6-18(19)21/h3-6,11-12H,7-10,13H2,1-2H3. The quantitative estimate of drug-likeness (QED) is 0.819. The largest absolute Gasteiger partial charge is 0.296 e. The molecule has 1 aliphatic rings. The molecule has 0 spiro atoms. The molecule has 0 atom stereocenters. The van der Waals surface area contributed by atoms with E-state index in [2.05, 4.69) is 30.0 Å². The Kier molecular flexibility index (Phi) is 5.41. The molecular formula is C19H22F2N2O2S. The highest BCUT2D eigenvalue weighted by atomic mass is 32.2. The van der Waals surface area contributed by atoms with Gasteiger partial charge in [-0.25, -0.2) is 17.2 Å². The second kappa shape index (κ2) is 7.42. The molecule has 1 heterocycles. The molecule has 0 bridgehead atoms. The van der Waals surface area contributed by atoms with Crippen molar-refractivity contribution in [2.45, 2.75) is 25.3 Å². The molecule has 0 N–H and O–H groups in total. The minimum absolute atomic E-state index is 0.253. The highest BCUT2D eigenvalue weighted by Gasteiger charge is 2.31. The van der Waals surface area contributed by atoms with Crippen molar-refractivity contribution in [3.05, 3.63) is 64.7 Å². The van der Waals surface area contributed by atoms with Crippen LogP contribution in [-0.4, -0.2) is 43.8 Å². The maximum Gasteiger partial charge on any atom is 0.246 e. The van der Waals surface area contributed by atoms with Crippen LogP contribution in [0.2, 0.25) is 0 Å². The lowest BCUT2D eigenvalue weighted by atomic mass is 10.1. The molecule has 1 fully saturated rings. The molecule has 2 aromatic rings. The summed E-state index contributed by atoms with van der Waals surface area (Å²) in [4.78, 5) is 1.58. The van der Waals surface area contributed by atoms with E-state index in [-0.39, 0.29) is 13.1 Å². The molecule has 26 heavy (non-hydrogen) atoms. The molecule has 4 nitrogen and oxygen atoms in total. The van der Waals surface area contributed by atoms with Gasteiger partial charge in [-0.15, -0.1) is 0 Å². The number of piperazine rings is 1. The van der Waals surface area contributed by atoms with E-state index in [9.17, 15) is 17.2 Å². The Labute approximate surface area is 153 Å². The third kappa shape index (κ3) is 3.95. The number of rotatable bonds is 4. The van der Waals surface area contributed by atoms with Crippen LogP contribution in [0, 0.1) is 25.5 Å². The van der Waals surface area contributed by atoms with Crippen LogP contribution in [0.1, 0.15) is 16.7 Å².